The zero-order chi connectivity index (χ0) is 10.8. The maximum Gasteiger partial charge on any atom is 0.123 e. The van der Waals surface area contributed by atoms with Gasteiger partial charge in [0.25, 0.3) is 0 Å². The Hall–Kier alpha value is -0.930. The molecule has 78 valence electrons. The van der Waals surface area contributed by atoms with Crippen LogP contribution in [-0.2, 0) is 0 Å². The van der Waals surface area contributed by atoms with E-state index in [4.69, 9.17) is 5.73 Å². The normalized spacial score (nSPS) is 17.5. The number of halogens is 1. The van der Waals surface area contributed by atoms with Crippen molar-refractivity contribution in [1.82, 2.24) is 0 Å². The molecule has 0 aromatic heterocycles. The molecule has 0 fully saturated rings. The van der Waals surface area contributed by atoms with Gasteiger partial charge in [0.1, 0.15) is 5.82 Å². The van der Waals surface area contributed by atoms with E-state index in [1.807, 2.05) is 6.92 Å². The molecular weight excluding hydrogens is 181 g/mol. The summed E-state index contributed by atoms with van der Waals surface area (Å²) in [5, 5.41) is 9.90. The van der Waals surface area contributed by atoms with Gasteiger partial charge < -0.3 is 10.8 Å². The lowest BCUT2D eigenvalue weighted by Crippen LogP contribution is -2.39. The highest BCUT2D eigenvalue weighted by Crippen LogP contribution is 2.26. The molecule has 0 aliphatic carbocycles. The molecule has 0 spiro atoms. The van der Waals surface area contributed by atoms with E-state index in [1.54, 1.807) is 19.1 Å². The zero-order valence-corrected chi connectivity index (χ0v) is 8.50. The summed E-state index contributed by atoms with van der Waals surface area (Å²) in [6.45, 7) is 3.74. The topological polar surface area (TPSA) is 46.2 Å². The smallest absolute Gasteiger partial charge is 0.123 e. The fraction of sp³-hybridized carbons (Fsp3) is 0.455. The van der Waals surface area contributed by atoms with Crippen LogP contribution in [0.3, 0.4) is 0 Å². The lowest BCUT2D eigenvalue weighted by atomic mass is 9.85. The molecule has 0 bridgehead atoms. The Morgan fingerprint density at radius 3 is 2.36 bits per heavy atom. The van der Waals surface area contributed by atoms with Gasteiger partial charge in [0.15, 0.2) is 0 Å². The van der Waals surface area contributed by atoms with Crippen LogP contribution in [0, 0.1) is 5.82 Å². The molecular formula is C11H16FNO. The van der Waals surface area contributed by atoms with E-state index in [0.29, 0.717) is 0 Å². The molecule has 0 heterocycles. The lowest BCUT2D eigenvalue weighted by molar-refractivity contribution is 0.0451. The van der Waals surface area contributed by atoms with Crippen LogP contribution < -0.4 is 5.73 Å². The first-order chi connectivity index (χ1) is 6.47. The number of nitrogens with two attached hydrogens (primary N) is 1. The molecule has 2 nitrogen and oxygen atoms in total. The van der Waals surface area contributed by atoms with Gasteiger partial charge >= 0.3 is 0 Å². The molecule has 0 amide bonds. The standard InChI is InChI=1S/C11H16FNO/c1-8(11(2,14)7-13)9-3-5-10(12)6-4-9/h3-6,8,14H,7,13H2,1-2H3. The fourth-order valence-electron chi connectivity index (χ4n) is 1.29. The van der Waals surface area contributed by atoms with E-state index in [0.717, 1.165) is 5.56 Å². The van der Waals surface area contributed by atoms with Gasteiger partial charge in [-0.1, -0.05) is 19.1 Å². The molecule has 3 N–H and O–H groups in total. The van der Waals surface area contributed by atoms with Crippen LogP contribution in [0.15, 0.2) is 24.3 Å². The first kappa shape index (κ1) is 11.1. The Labute approximate surface area is 83.6 Å². The fourth-order valence-corrected chi connectivity index (χ4v) is 1.29. The van der Waals surface area contributed by atoms with Gasteiger partial charge in [-0.3, -0.25) is 0 Å². The summed E-state index contributed by atoms with van der Waals surface area (Å²) in [7, 11) is 0. The predicted octanol–water partition coefficient (Wildman–Crippen LogP) is 1.64. The van der Waals surface area contributed by atoms with E-state index in [9.17, 15) is 9.50 Å². The molecule has 1 rings (SSSR count). The van der Waals surface area contributed by atoms with Crippen molar-refractivity contribution in [2.45, 2.75) is 25.4 Å². The van der Waals surface area contributed by atoms with Crippen molar-refractivity contribution in [2.24, 2.45) is 5.73 Å². The molecule has 0 radical (unpaired) electrons. The van der Waals surface area contributed by atoms with E-state index in [1.165, 1.54) is 12.1 Å². The van der Waals surface area contributed by atoms with Gasteiger partial charge in [-0.25, -0.2) is 4.39 Å². The quantitative estimate of drug-likeness (QED) is 0.773. The van der Waals surface area contributed by atoms with E-state index in [-0.39, 0.29) is 18.3 Å². The van der Waals surface area contributed by atoms with Crippen molar-refractivity contribution < 1.29 is 9.50 Å². The first-order valence-electron chi connectivity index (χ1n) is 4.65. The number of hydrogen-bond acceptors (Lipinski definition) is 2. The molecule has 2 atom stereocenters. The van der Waals surface area contributed by atoms with Crippen molar-refractivity contribution in [1.29, 1.82) is 0 Å². The van der Waals surface area contributed by atoms with E-state index < -0.39 is 5.60 Å². The van der Waals surface area contributed by atoms with Crippen molar-refractivity contribution in [2.75, 3.05) is 6.54 Å². The monoisotopic (exact) mass is 197 g/mol. The minimum atomic E-state index is -0.947. The number of rotatable bonds is 3. The first-order valence-corrected chi connectivity index (χ1v) is 4.65. The molecule has 3 heteroatoms. The summed E-state index contributed by atoms with van der Waals surface area (Å²) in [5.74, 6) is -0.374. The maximum atomic E-state index is 12.6. The summed E-state index contributed by atoms with van der Waals surface area (Å²) >= 11 is 0. The van der Waals surface area contributed by atoms with Crippen molar-refractivity contribution in [3.05, 3.63) is 35.6 Å². The predicted molar refractivity (Wildman–Crippen MR) is 54.5 cm³/mol. The summed E-state index contributed by atoms with van der Waals surface area (Å²) in [6, 6.07) is 6.12. The molecule has 1 aromatic rings. The van der Waals surface area contributed by atoms with Gasteiger partial charge in [-0.05, 0) is 24.6 Å². The summed E-state index contributed by atoms with van der Waals surface area (Å²) < 4.78 is 12.6. The van der Waals surface area contributed by atoms with E-state index >= 15 is 0 Å². The molecule has 2 unspecified atom stereocenters. The van der Waals surface area contributed by atoms with Crippen LogP contribution in [0.25, 0.3) is 0 Å². The minimum Gasteiger partial charge on any atom is -0.388 e. The largest absolute Gasteiger partial charge is 0.388 e. The second-order valence-corrected chi connectivity index (χ2v) is 3.83. The Morgan fingerprint density at radius 1 is 1.43 bits per heavy atom. The highest BCUT2D eigenvalue weighted by atomic mass is 19.1. The zero-order valence-electron chi connectivity index (χ0n) is 8.50. The van der Waals surface area contributed by atoms with Crippen LogP contribution in [0.4, 0.5) is 4.39 Å². The van der Waals surface area contributed by atoms with Crippen LogP contribution in [-0.4, -0.2) is 17.3 Å². The third kappa shape index (κ3) is 2.30. The Bertz CT molecular complexity index is 295. The second-order valence-electron chi connectivity index (χ2n) is 3.83. The van der Waals surface area contributed by atoms with Gasteiger partial charge in [-0.15, -0.1) is 0 Å². The second kappa shape index (κ2) is 4.07. The Morgan fingerprint density at radius 2 is 1.93 bits per heavy atom. The Balaban J connectivity index is 2.89. The summed E-state index contributed by atoms with van der Waals surface area (Å²) in [5.41, 5.74) is 5.39. The van der Waals surface area contributed by atoms with Crippen LogP contribution in [0.5, 0.6) is 0 Å². The average Bonchev–Trinajstić information content (AvgIpc) is 2.18. The van der Waals surface area contributed by atoms with Crippen LogP contribution in [0.1, 0.15) is 25.3 Å². The highest BCUT2D eigenvalue weighted by Gasteiger charge is 2.27. The van der Waals surface area contributed by atoms with Gasteiger partial charge in [-0.2, -0.15) is 0 Å². The molecule has 14 heavy (non-hydrogen) atoms. The van der Waals surface area contributed by atoms with Crippen molar-refractivity contribution >= 4 is 0 Å². The third-order valence-electron chi connectivity index (χ3n) is 2.72. The van der Waals surface area contributed by atoms with Crippen LogP contribution >= 0.6 is 0 Å². The molecule has 0 saturated carbocycles. The summed E-state index contributed by atoms with van der Waals surface area (Å²) in [4.78, 5) is 0. The van der Waals surface area contributed by atoms with Crippen LogP contribution in [0.2, 0.25) is 0 Å². The number of benzene rings is 1. The highest BCUT2D eigenvalue weighted by molar-refractivity contribution is 5.22. The molecule has 1 aromatic carbocycles. The summed E-state index contributed by atoms with van der Waals surface area (Å²) in [6.07, 6.45) is 0. The van der Waals surface area contributed by atoms with E-state index in [2.05, 4.69) is 0 Å². The SMILES string of the molecule is CC(c1ccc(F)cc1)C(C)(O)CN. The number of hydrogen-bond donors (Lipinski definition) is 2. The minimum absolute atomic E-state index is 0.104. The van der Waals surface area contributed by atoms with Gasteiger partial charge in [0, 0.05) is 12.5 Å². The van der Waals surface area contributed by atoms with Gasteiger partial charge in [0.05, 0.1) is 5.60 Å². The van der Waals surface area contributed by atoms with Gasteiger partial charge in [0.2, 0.25) is 0 Å². The third-order valence-corrected chi connectivity index (χ3v) is 2.72. The molecule has 0 aliphatic rings. The lowest BCUT2D eigenvalue weighted by Gasteiger charge is -2.29. The molecule has 0 aliphatic heterocycles. The maximum absolute atomic E-state index is 12.6. The number of aliphatic hydroxyl groups is 1. The van der Waals surface area contributed by atoms with Crippen molar-refractivity contribution in [3.8, 4) is 0 Å². The average molecular weight is 197 g/mol. The molecule has 0 saturated heterocycles. The van der Waals surface area contributed by atoms with Crippen molar-refractivity contribution in [3.63, 3.8) is 0 Å². The Kier molecular flexibility index (Phi) is 3.24.